The molecule has 0 bridgehead atoms. The SMILES string of the molecule is O=C(COCc1ccccc1)c1ccc(Cl)c(C(F)(F)F)c1. The number of benzene rings is 2. The van der Waals surface area contributed by atoms with Crippen LogP contribution in [0.25, 0.3) is 0 Å². The number of ketones is 1. The van der Waals surface area contributed by atoms with Crippen molar-refractivity contribution in [1.29, 1.82) is 0 Å². The average Bonchev–Trinajstić information content (AvgIpc) is 2.47. The van der Waals surface area contributed by atoms with Gasteiger partial charge in [-0.3, -0.25) is 4.79 Å². The molecule has 22 heavy (non-hydrogen) atoms. The highest BCUT2D eigenvalue weighted by molar-refractivity contribution is 6.31. The topological polar surface area (TPSA) is 26.3 Å². The summed E-state index contributed by atoms with van der Waals surface area (Å²) in [5, 5.41) is -0.436. The van der Waals surface area contributed by atoms with Crippen LogP contribution in [0.4, 0.5) is 13.2 Å². The first kappa shape index (κ1) is 16.5. The number of Topliss-reactive ketones (excluding diaryl/α,β-unsaturated/α-hetero) is 1. The van der Waals surface area contributed by atoms with Gasteiger partial charge in [0.15, 0.2) is 5.78 Å². The van der Waals surface area contributed by atoms with Crippen LogP contribution in [0.3, 0.4) is 0 Å². The summed E-state index contributed by atoms with van der Waals surface area (Å²) in [5.41, 5.74) is -0.227. The Morgan fingerprint density at radius 2 is 1.77 bits per heavy atom. The van der Waals surface area contributed by atoms with Gasteiger partial charge in [0.05, 0.1) is 17.2 Å². The molecule has 6 heteroatoms. The monoisotopic (exact) mass is 328 g/mol. The molecule has 0 saturated heterocycles. The van der Waals surface area contributed by atoms with Crippen LogP contribution in [0.5, 0.6) is 0 Å². The van der Waals surface area contributed by atoms with Gasteiger partial charge in [0.1, 0.15) is 6.61 Å². The number of rotatable bonds is 5. The molecule has 0 radical (unpaired) electrons. The molecule has 2 rings (SSSR count). The van der Waals surface area contributed by atoms with Crippen molar-refractivity contribution < 1.29 is 22.7 Å². The summed E-state index contributed by atoms with van der Waals surface area (Å²) in [6.45, 7) is -0.0832. The second kappa shape index (κ2) is 6.94. The van der Waals surface area contributed by atoms with Crippen molar-refractivity contribution in [2.45, 2.75) is 12.8 Å². The molecule has 0 atom stereocenters. The Balaban J connectivity index is 2.01. The van der Waals surface area contributed by atoms with E-state index in [4.69, 9.17) is 16.3 Å². The highest BCUT2D eigenvalue weighted by atomic mass is 35.5. The molecule has 0 saturated carbocycles. The minimum atomic E-state index is -4.60. The number of ether oxygens (including phenoxy) is 1. The quantitative estimate of drug-likeness (QED) is 0.740. The zero-order chi connectivity index (χ0) is 16.2. The van der Waals surface area contributed by atoms with Crippen LogP contribution in [0.1, 0.15) is 21.5 Å². The van der Waals surface area contributed by atoms with E-state index in [1.165, 1.54) is 6.07 Å². The lowest BCUT2D eigenvalue weighted by Crippen LogP contribution is -2.12. The summed E-state index contributed by atoms with van der Waals surface area (Å²) >= 11 is 5.51. The van der Waals surface area contributed by atoms with Crippen LogP contribution in [-0.4, -0.2) is 12.4 Å². The molecule has 0 aliphatic heterocycles. The lowest BCUT2D eigenvalue weighted by atomic mass is 10.1. The Kier molecular flexibility index (Phi) is 5.21. The third kappa shape index (κ3) is 4.32. The number of hydrogen-bond acceptors (Lipinski definition) is 2. The van der Waals surface area contributed by atoms with E-state index in [1.807, 2.05) is 30.3 Å². The molecule has 2 nitrogen and oxygen atoms in total. The summed E-state index contributed by atoms with van der Waals surface area (Å²) in [4.78, 5) is 11.9. The van der Waals surface area contributed by atoms with E-state index >= 15 is 0 Å². The molecule has 0 aliphatic rings. The van der Waals surface area contributed by atoms with Crippen molar-refractivity contribution in [1.82, 2.24) is 0 Å². The molecule has 0 amide bonds. The first-order valence-electron chi connectivity index (χ1n) is 6.39. The Bertz CT molecular complexity index is 654. The van der Waals surface area contributed by atoms with Crippen LogP contribution < -0.4 is 0 Å². The van der Waals surface area contributed by atoms with Crippen LogP contribution in [0, 0.1) is 0 Å². The van der Waals surface area contributed by atoms with E-state index in [1.54, 1.807) is 0 Å². The van der Waals surface area contributed by atoms with Crippen molar-refractivity contribution in [3.63, 3.8) is 0 Å². The van der Waals surface area contributed by atoms with Gasteiger partial charge in [0.2, 0.25) is 0 Å². The first-order chi connectivity index (χ1) is 10.4. The number of alkyl halides is 3. The van der Waals surface area contributed by atoms with E-state index in [9.17, 15) is 18.0 Å². The van der Waals surface area contributed by atoms with Crippen LogP contribution in [0.2, 0.25) is 5.02 Å². The van der Waals surface area contributed by atoms with E-state index in [0.29, 0.717) is 0 Å². The molecule has 2 aromatic rings. The number of carbonyl (C=O) groups excluding carboxylic acids is 1. The van der Waals surface area contributed by atoms with Gasteiger partial charge in [-0.1, -0.05) is 41.9 Å². The number of hydrogen-bond donors (Lipinski definition) is 0. The lowest BCUT2D eigenvalue weighted by Gasteiger charge is -2.10. The highest BCUT2D eigenvalue weighted by Gasteiger charge is 2.33. The maximum atomic E-state index is 12.7. The van der Waals surface area contributed by atoms with Gasteiger partial charge in [0.25, 0.3) is 0 Å². The molecular weight excluding hydrogens is 317 g/mol. The highest BCUT2D eigenvalue weighted by Crippen LogP contribution is 2.35. The summed E-state index contributed by atoms with van der Waals surface area (Å²) in [7, 11) is 0. The van der Waals surface area contributed by atoms with Gasteiger partial charge in [0, 0.05) is 5.56 Å². The van der Waals surface area contributed by atoms with Crippen molar-refractivity contribution >= 4 is 17.4 Å². The summed E-state index contributed by atoms with van der Waals surface area (Å²) in [5.74, 6) is -0.530. The van der Waals surface area contributed by atoms with E-state index in [-0.39, 0.29) is 18.8 Å². The molecule has 0 unspecified atom stereocenters. The van der Waals surface area contributed by atoms with E-state index in [2.05, 4.69) is 0 Å². The van der Waals surface area contributed by atoms with Crippen molar-refractivity contribution in [3.05, 3.63) is 70.2 Å². The van der Waals surface area contributed by atoms with Gasteiger partial charge >= 0.3 is 6.18 Å². The molecule has 0 heterocycles. The third-order valence-electron chi connectivity index (χ3n) is 2.94. The van der Waals surface area contributed by atoms with Crippen molar-refractivity contribution in [2.24, 2.45) is 0 Å². The third-order valence-corrected chi connectivity index (χ3v) is 3.27. The standard InChI is InChI=1S/C16H12ClF3O2/c17-14-7-6-12(8-13(14)16(18,19)20)15(21)10-22-9-11-4-2-1-3-5-11/h1-8H,9-10H2. The number of carbonyl (C=O) groups is 1. The fourth-order valence-electron chi connectivity index (χ4n) is 1.84. The Hall–Kier alpha value is -1.85. The second-order valence-electron chi connectivity index (χ2n) is 4.59. The summed E-state index contributed by atoms with van der Waals surface area (Å²) in [6.07, 6.45) is -4.60. The van der Waals surface area contributed by atoms with Crippen LogP contribution >= 0.6 is 11.6 Å². The van der Waals surface area contributed by atoms with E-state index in [0.717, 1.165) is 17.7 Å². The molecule has 0 aliphatic carbocycles. The Morgan fingerprint density at radius 1 is 1.09 bits per heavy atom. The first-order valence-corrected chi connectivity index (χ1v) is 6.77. The van der Waals surface area contributed by atoms with Gasteiger partial charge in [-0.05, 0) is 23.8 Å². The van der Waals surface area contributed by atoms with Crippen molar-refractivity contribution in [3.8, 4) is 0 Å². The zero-order valence-corrected chi connectivity index (χ0v) is 12.1. The van der Waals surface area contributed by atoms with Crippen LogP contribution in [0.15, 0.2) is 48.5 Å². The minimum absolute atomic E-state index is 0.0789. The predicted molar refractivity (Wildman–Crippen MR) is 76.9 cm³/mol. The molecule has 2 aromatic carbocycles. The molecule has 0 fully saturated rings. The van der Waals surface area contributed by atoms with E-state index < -0.39 is 22.5 Å². The Labute approximate surface area is 130 Å². The fourth-order valence-corrected chi connectivity index (χ4v) is 2.06. The summed E-state index contributed by atoms with van der Waals surface area (Å²) in [6, 6.07) is 12.2. The molecule has 0 spiro atoms. The molecule has 0 N–H and O–H groups in total. The minimum Gasteiger partial charge on any atom is -0.369 e. The van der Waals surface area contributed by atoms with Gasteiger partial charge in [-0.25, -0.2) is 0 Å². The fraction of sp³-hybridized carbons (Fsp3) is 0.188. The predicted octanol–water partition coefficient (Wildman–Crippen LogP) is 4.76. The van der Waals surface area contributed by atoms with Crippen LogP contribution in [-0.2, 0) is 17.5 Å². The molecule has 0 aromatic heterocycles. The number of halogens is 4. The Morgan fingerprint density at radius 3 is 2.41 bits per heavy atom. The largest absolute Gasteiger partial charge is 0.417 e. The summed E-state index contributed by atoms with van der Waals surface area (Å²) < 4.78 is 43.4. The normalized spacial score (nSPS) is 11.5. The zero-order valence-electron chi connectivity index (χ0n) is 11.4. The second-order valence-corrected chi connectivity index (χ2v) is 5.00. The maximum Gasteiger partial charge on any atom is 0.417 e. The van der Waals surface area contributed by atoms with Gasteiger partial charge in [-0.2, -0.15) is 13.2 Å². The smallest absolute Gasteiger partial charge is 0.369 e. The maximum absolute atomic E-state index is 12.7. The molecule has 116 valence electrons. The van der Waals surface area contributed by atoms with Crippen molar-refractivity contribution in [2.75, 3.05) is 6.61 Å². The average molecular weight is 329 g/mol. The van der Waals surface area contributed by atoms with Gasteiger partial charge < -0.3 is 4.74 Å². The molecular formula is C16H12ClF3O2. The lowest BCUT2D eigenvalue weighted by molar-refractivity contribution is -0.137. The van der Waals surface area contributed by atoms with Gasteiger partial charge in [-0.15, -0.1) is 0 Å².